The van der Waals surface area contributed by atoms with Gasteiger partial charge in [-0.1, -0.05) is 41.9 Å². The zero-order valence-corrected chi connectivity index (χ0v) is 14.0. The van der Waals surface area contributed by atoms with E-state index >= 15 is 0 Å². The maximum atomic E-state index is 12.1. The summed E-state index contributed by atoms with van der Waals surface area (Å²) in [5, 5.41) is 6.08. The molecule has 0 fully saturated rings. The molecule has 1 aromatic heterocycles. The molecule has 25 heavy (non-hydrogen) atoms. The van der Waals surface area contributed by atoms with E-state index in [0.717, 1.165) is 5.56 Å². The molecule has 0 bridgehead atoms. The Hall–Kier alpha value is -3.05. The lowest BCUT2D eigenvalue weighted by atomic mass is 10.2. The fourth-order valence-electron chi connectivity index (χ4n) is 2.18. The van der Waals surface area contributed by atoms with E-state index < -0.39 is 6.03 Å². The minimum atomic E-state index is -0.391. The lowest BCUT2D eigenvalue weighted by Gasteiger charge is -2.12. The van der Waals surface area contributed by atoms with Crippen molar-refractivity contribution in [2.24, 2.45) is 0 Å². The Balaban J connectivity index is 1.65. The summed E-state index contributed by atoms with van der Waals surface area (Å²) in [5.74, 6) is 0.823. The number of amides is 2. The van der Waals surface area contributed by atoms with E-state index in [-0.39, 0.29) is 0 Å². The second-order valence-corrected chi connectivity index (χ2v) is 5.65. The number of ether oxygens (including phenoxy) is 1. The first-order valence-corrected chi connectivity index (χ1v) is 8.04. The number of nitrogens with one attached hydrogen (secondary N) is 2. The van der Waals surface area contributed by atoms with Crippen LogP contribution in [-0.2, 0) is 6.61 Å². The second kappa shape index (κ2) is 8.17. The molecule has 0 aliphatic heterocycles. The maximum Gasteiger partial charge on any atom is 0.324 e. The molecular weight excluding hydrogens is 338 g/mol. The molecule has 5 nitrogen and oxygen atoms in total. The first kappa shape index (κ1) is 16.8. The van der Waals surface area contributed by atoms with E-state index in [1.165, 1.54) is 0 Å². The van der Waals surface area contributed by atoms with Crippen LogP contribution in [0.2, 0.25) is 5.02 Å². The lowest BCUT2D eigenvalue weighted by molar-refractivity contribution is 0.261. The van der Waals surface area contributed by atoms with Crippen molar-refractivity contribution in [2.75, 3.05) is 10.6 Å². The number of para-hydroxylation sites is 1. The van der Waals surface area contributed by atoms with Gasteiger partial charge >= 0.3 is 6.03 Å². The highest BCUT2D eigenvalue weighted by molar-refractivity contribution is 6.30. The normalized spacial score (nSPS) is 10.1. The minimum absolute atomic E-state index is 0.321. The Bertz CT molecular complexity index is 856. The van der Waals surface area contributed by atoms with Crippen molar-refractivity contribution in [3.63, 3.8) is 0 Å². The van der Waals surface area contributed by atoms with Crippen molar-refractivity contribution in [3.05, 3.63) is 83.5 Å². The Kier molecular flexibility index (Phi) is 5.49. The molecule has 6 heteroatoms. The molecule has 3 aromatic rings. The lowest BCUT2D eigenvalue weighted by Crippen LogP contribution is -2.20. The predicted molar refractivity (Wildman–Crippen MR) is 99.1 cm³/mol. The highest BCUT2D eigenvalue weighted by Crippen LogP contribution is 2.23. The first-order chi connectivity index (χ1) is 12.2. The molecule has 0 spiro atoms. The van der Waals surface area contributed by atoms with E-state index in [2.05, 4.69) is 15.6 Å². The first-order valence-electron chi connectivity index (χ1n) is 7.66. The Labute approximate surface area is 150 Å². The van der Waals surface area contributed by atoms with E-state index in [0.29, 0.717) is 28.9 Å². The van der Waals surface area contributed by atoms with Crippen molar-refractivity contribution in [1.29, 1.82) is 0 Å². The molecule has 0 unspecified atom stereocenters. The third-order valence-corrected chi connectivity index (χ3v) is 3.55. The van der Waals surface area contributed by atoms with Gasteiger partial charge in [0.25, 0.3) is 0 Å². The summed E-state index contributed by atoms with van der Waals surface area (Å²) in [4.78, 5) is 16.3. The molecule has 0 saturated carbocycles. The number of hydrogen-bond donors (Lipinski definition) is 2. The third kappa shape index (κ3) is 4.96. The van der Waals surface area contributed by atoms with Crippen molar-refractivity contribution < 1.29 is 9.53 Å². The van der Waals surface area contributed by atoms with Crippen LogP contribution >= 0.6 is 11.6 Å². The van der Waals surface area contributed by atoms with Gasteiger partial charge in [-0.05, 0) is 42.0 Å². The van der Waals surface area contributed by atoms with E-state index in [1.807, 2.05) is 36.4 Å². The maximum absolute atomic E-state index is 12.1. The van der Waals surface area contributed by atoms with Gasteiger partial charge in [0.15, 0.2) is 11.6 Å². The number of pyridine rings is 1. The molecular formula is C19H16ClN3O2. The number of carbonyl (C=O) groups excluding carboxylic acids is 1. The Morgan fingerprint density at radius 3 is 2.64 bits per heavy atom. The monoisotopic (exact) mass is 353 g/mol. The fourth-order valence-corrected chi connectivity index (χ4v) is 2.39. The van der Waals surface area contributed by atoms with E-state index in [4.69, 9.17) is 16.3 Å². The van der Waals surface area contributed by atoms with Crippen LogP contribution in [0.3, 0.4) is 0 Å². The average Bonchev–Trinajstić information content (AvgIpc) is 2.62. The number of carbonyl (C=O) groups is 1. The summed E-state index contributed by atoms with van der Waals surface area (Å²) in [6.07, 6.45) is 1.59. The van der Waals surface area contributed by atoms with Crippen LogP contribution in [0.1, 0.15) is 5.56 Å². The van der Waals surface area contributed by atoms with Gasteiger partial charge in [-0.25, -0.2) is 9.78 Å². The molecule has 2 N–H and O–H groups in total. The molecule has 0 radical (unpaired) electrons. The van der Waals surface area contributed by atoms with Gasteiger partial charge in [0, 0.05) is 16.9 Å². The summed E-state index contributed by atoms with van der Waals surface area (Å²) in [6.45, 7) is 0.321. The zero-order valence-electron chi connectivity index (χ0n) is 13.3. The number of urea groups is 1. The Morgan fingerprint density at radius 1 is 1.00 bits per heavy atom. The van der Waals surface area contributed by atoms with Crippen molar-refractivity contribution in [2.45, 2.75) is 6.61 Å². The predicted octanol–water partition coefficient (Wildman–Crippen LogP) is 4.96. The van der Waals surface area contributed by atoms with Gasteiger partial charge in [-0.2, -0.15) is 0 Å². The number of nitrogens with zero attached hydrogens (tertiary/aromatic N) is 1. The smallest absolute Gasteiger partial charge is 0.324 e. The van der Waals surface area contributed by atoms with Crippen LogP contribution in [0.25, 0.3) is 0 Å². The summed E-state index contributed by atoms with van der Waals surface area (Å²) >= 11 is 5.97. The average molecular weight is 354 g/mol. The van der Waals surface area contributed by atoms with E-state index in [1.54, 1.807) is 36.5 Å². The SMILES string of the molecule is O=C(Nc1ccccc1)Nc1ncccc1OCc1cccc(Cl)c1. The van der Waals surface area contributed by atoms with Gasteiger partial charge in [-0.3, -0.25) is 5.32 Å². The fraction of sp³-hybridized carbons (Fsp3) is 0.0526. The largest absolute Gasteiger partial charge is 0.485 e. The topological polar surface area (TPSA) is 63.2 Å². The van der Waals surface area contributed by atoms with E-state index in [9.17, 15) is 4.79 Å². The van der Waals surface area contributed by atoms with Crippen LogP contribution in [0.5, 0.6) is 5.75 Å². The number of rotatable bonds is 5. The highest BCUT2D eigenvalue weighted by atomic mass is 35.5. The summed E-state index contributed by atoms with van der Waals surface area (Å²) < 4.78 is 5.77. The van der Waals surface area contributed by atoms with Crippen molar-refractivity contribution >= 4 is 29.1 Å². The van der Waals surface area contributed by atoms with Crippen molar-refractivity contribution in [3.8, 4) is 5.75 Å². The number of anilines is 2. The van der Waals surface area contributed by atoms with Crippen LogP contribution in [-0.4, -0.2) is 11.0 Å². The standard InChI is InChI=1S/C19H16ClN3O2/c20-15-7-4-6-14(12-15)13-25-17-10-5-11-21-18(17)23-19(24)22-16-8-2-1-3-9-16/h1-12H,13H2,(H2,21,22,23,24). The van der Waals surface area contributed by atoms with Crippen molar-refractivity contribution in [1.82, 2.24) is 4.98 Å². The second-order valence-electron chi connectivity index (χ2n) is 5.21. The Morgan fingerprint density at radius 2 is 1.84 bits per heavy atom. The zero-order chi connectivity index (χ0) is 17.5. The quantitative estimate of drug-likeness (QED) is 0.681. The molecule has 0 aliphatic rings. The molecule has 0 atom stereocenters. The molecule has 1 heterocycles. The van der Waals surface area contributed by atoms with Gasteiger partial charge in [0.05, 0.1) is 0 Å². The van der Waals surface area contributed by atoms with Gasteiger partial charge in [-0.15, -0.1) is 0 Å². The van der Waals surface area contributed by atoms with Gasteiger partial charge in [0.2, 0.25) is 0 Å². The van der Waals surface area contributed by atoms with Gasteiger partial charge < -0.3 is 10.1 Å². The van der Waals surface area contributed by atoms with Crippen LogP contribution in [0, 0.1) is 0 Å². The molecule has 0 aliphatic carbocycles. The molecule has 2 amide bonds. The van der Waals surface area contributed by atoms with Crippen LogP contribution in [0.15, 0.2) is 72.9 Å². The van der Waals surface area contributed by atoms with Crippen LogP contribution in [0.4, 0.5) is 16.3 Å². The molecule has 2 aromatic carbocycles. The number of aromatic nitrogens is 1. The number of hydrogen-bond acceptors (Lipinski definition) is 3. The van der Waals surface area contributed by atoms with Crippen LogP contribution < -0.4 is 15.4 Å². The summed E-state index contributed by atoms with van der Waals surface area (Å²) in [5.41, 5.74) is 1.62. The van der Waals surface area contributed by atoms with Gasteiger partial charge in [0.1, 0.15) is 6.61 Å². The number of halogens is 1. The minimum Gasteiger partial charge on any atom is -0.485 e. The molecule has 0 saturated heterocycles. The summed E-state index contributed by atoms with van der Waals surface area (Å²) in [7, 11) is 0. The number of benzene rings is 2. The highest BCUT2D eigenvalue weighted by Gasteiger charge is 2.09. The third-order valence-electron chi connectivity index (χ3n) is 3.32. The molecule has 126 valence electrons. The molecule has 3 rings (SSSR count). The summed E-state index contributed by atoms with van der Waals surface area (Å²) in [6, 6.07) is 19.7.